The molecule has 1 heterocycles. The summed E-state index contributed by atoms with van der Waals surface area (Å²) in [6.45, 7) is 2.54. The highest BCUT2D eigenvalue weighted by atomic mass is 16.2. The van der Waals surface area contributed by atoms with Gasteiger partial charge in [-0.05, 0) is 24.1 Å². The van der Waals surface area contributed by atoms with Crippen LogP contribution in [-0.4, -0.2) is 9.13 Å². The maximum Gasteiger partial charge on any atom is 0.330 e. The van der Waals surface area contributed by atoms with Crippen LogP contribution in [0.4, 0.5) is 5.69 Å². The summed E-state index contributed by atoms with van der Waals surface area (Å²) in [4.78, 5) is 23.5. The molecule has 0 unspecified atom stereocenters. The van der Waals surface area contributed by atoms with E-state index in [0.29, 0.717) is 12.2 Å². The molecule has 0 atom stereocenters. The molecule has 0 amide bonds. The van der Waals surface area contributed by atoms with Crippen LogP contribution >= 0.6 is 0 Å². The Morgan fingerprint density at radius 3 is 2.55 bits per heavy atom. The minimum absolute atomic E-state index is 0.285. The van der Waals surface area contributed by atoms with Crippen molar-refractivity contribution in [2.24, 2.45) is 14.1 Å². The van der Waals surface area contributed by atoms with Crippen LogP contribution < -0.4 is 16.6 Å². The van der Waals surface area contributed by atoms with Crippen LogP contribution in [0, 0.1) is 0 Å². The first kappa shape index (κ1) is 14.1. The molecule has 20 heavy (non-hydrogen) atoms. The third-order valence-corrected chi connectivity index (χ3v) is 3.43. The van der Waals surface area contributed by atoms with Crippen LogP contribution in [0.1, 0.15) is 18.2 Å². The molecule has 2 rings (SSSR count). The zero-order valence-electron chi connectivity index (χ0n) is 12.0. The molecule has 1 aromatic heterocycles. The van der Waals surface area contributed by atoms with Gasteiger partial charge in [0.2, 0.25) is 0 Å². The summed E-state index contributed by atoms with van der Waals surface area (Å²) in [5.41, 5.74) is 2.30. The summed E-state index contributed by atoms with van der Waals surface area (Å²) in [6.07, 6.45) is 0.972. The van der Waals surface area contributed by atoms with Gasteiger partial charge in [0.25, 0.3) is 5.56 Å². The van der Waals surface area contributed by atoms with Crippen molar-refractivity contribution in [1.82, 2.24) is 9.13 Å². The monoisotopic (exact) mass is 273 g/mol. The molecule has 0 bridgehead atoms. The first-order valence-corrected chi connectivity index (χ1v) is 6.61. The standard InChI is InChI=1S/C15H19N3O2/c1-4-11-6-5-7-12(8-11)16-10-13-9-14(19)18(3)15(20)17(13)2/h5-9,16H,4,10H2,1-3H3. The largest absolute Gasteiger partial charge is 0.379 e. The van der Waals surface area contributed by atoms with Gasteiger partial charge in [0.05, 0.1) is 6.54 Å². The summed E-state index contributed by atoms with van der Waals surface area (Å²) in [6, 6.07) is 9.58. The number of anilines is 1. The smallest absolute Gasteiger partial charge is 0.330 e. The third kappa shape index (κ3) is 2.82. The minimum Gasteiger partial charge on any atom is -0.379 e. The maximum atomic E-state index is 11.8. The van der Waals surface area contributed by atoms with Gasteiger partial charge in [0.1, 0.15) is 0 Å². The number of nitrogens with zero attached hydrogens (tertiary/aromatic N) is 2. The highest BCUT2D eigenvalue weighted by Gasteiger charge is 2.05. The number of benzene rings is 1. The Morgan fingerprint density at radius 2 is 1.85 bits per heavy atom. The number of aryl methyl sites for hydroxylation is 1. The molecule has 1 aromatic carbocycles. The maximum absolute atomic E-state index is 11.8. The van der Waals surface area contributed by atoms with Gasteiger partial charge in [-0.3, -0.25) is 13.9 Å². The molecule has 0 spiro atoms. The second-order valence-corrected chi connectivity index (χ2v) is 4.78. The van der Waals surface area contributed by atoms with Crippen LogP contribution in [0.25, 0.3) is 0 Å². The molecule has 5 heteroatoms. The van der Waals surface area contributed by atoms with Crippen LogP contribution in [0.2, 0.25) is 0 Å². The summed E-state index contributed by atoms with van der Waals surface area (Å²) < 4.78 is 2.58. The molecule has 5 nitrogen and oxygen atoms in total. The Morgan fingerprint density at radius 1 is 1.10 bits per heavy atom. The van der Waals surface area contributed by atoms with Crippen LogP contribution in [-0.2, 0) is 27.1 Å². The predicted octanol–water partition coefficient (Wildman–Crippen LogP) is 1.26. The van der Waals surface area contributed by atoms with Gasteiger partial charge in [-0.2, -0.15) is 0 Å². The fourth-order valence-corrected chi connectivity index (χ4v) is 2.04. The summed E-state index contributed by atoms with van der Waals surface area (Å²) in [7, 11) is 3.15. The molecule has 0 aliphatic carbocycles. The van der Waals surface area contributed by atoms with E-state index in [1.165, 1.54) is 23.2 Å². The Bertz CT molecular complexity index is 729. The van der Waals surface area contributed by atoms with E-state index in [9.17, 15) is 9.59 Å². The Kier molecular flexibility index (Phi) is 4.08. The number of aromatic nitrogens is 2. The average molecular weight is 273 g/mol. The van der Waals surface area contributed by atoms with Crippen molar-refractivity contribution in [3.05, 3.63) is 62.4 Å². The highest BCUT2D eigenvalue weighted by molar-refractivity contribution is 5.45. The van der Waals surface area contributed by atoms with E-state index in [-0.39, 0.29) is 11.2 Å². The van der Waals surface area contributed by atoms with Gasteiger partial charge in [-0.25, -0.2) is 4.79 Å². The fourth-order valence-electron chi connectivity index (χ4n) is 2.04. The lowest BCUT2D eigenvalue weighted by atomic mass is 10.1. The van der Waals surface area contributed by atoms with Gasteiger partial charge in [-0.15, -0.1) is 0 Å². The third-order valence-electron chi connectivity index (χ3n) is 3.43. The van der Waals surface area contributed by atoms with Crippen molar-refractivity contribution in [3.63, 3.8) is 0 Å². The second kappa shape index (κ2) is 5.77. The Hall–Kier alpha value is -2.30. The Balaban J connectivity index is 2.23. The van der Waals surface area contributed by atoms with E-state index in [4.69, 9.17) is 0 Å². The second-order valence-electron chi connectivity index (χ2n) is 4.78. The lowest BCUT2D eigenvalue weighted by Gasteiger charge is -2.12. The number of hydrogen-bond acceptors (Lipinski definition) is 3. The van der Waals surface area contributed by atoms with Crippen molar-refractivity contribution in [2.45, 2.75) is 19.9 Å². The van der Waals surface area contributed by atoms with E-state index in [0.717, 1.165) is 16.7 Å². The van der Waals surface area contributed by atoms with E-state index in [1.54, 1.807) is 7.05 Å². The topological polar surface area (TPSA) is 56.0 Å². The molecule has 0 saturated heterocycles. The summed E-state index contributed by atoms with van der Waals surface area (Å²) in [5, 5.41) is 3.24. The zero-order chi connectivity index (χ0) is 14.7. The van der Waals surface area contributed by atoms with Crippen molar-refractivity contribution in [2.75, 3.05) is 5.32 Å². The number of rotatable bonds is 4. The van der Waals surface area contributed by atoms with E-state index in [2.05, 4.69) is 24.4 Å². The molecule has 0 saturated carbocycles. The van der Waals surface area contributed by atoms with E-state index < -0.39 is 0 Å². The van der Waals surface area contributed by atoms with Gasteiger partial charge < -0.3 is 5.32 Å². The molecular weight excluding hydrogens is 254 g/mol. The first-order valence-electron chi connectivity index (χ1n) is 6.61. The molecule has 1 N–H and O–H groups in total. The summed E-state index contributed by atoms with van der Waals surface area (Å²) >= 11 is 0. The van der Waals surface area contributed by atoms with Gasteiger partial charge >= 0.3 is 5.69 Å². The molecule has 2 aromatic rings. The minimum atomic E-state index is -0.309. The van der Waals surface area contributed by atoms with Gasteiger partial charge in [0, 0.05) is 31.5 Å². The zero-order valence-corrected chi connectivity index (χ0v) is 12.0. The predicted molar refractivity (Wildman–Crippen MR) is 80.1 cm³/mol. The summed E-state index contributed by atoms with van der Waals surface area (Å²) in [5.74, 6) is 0. The van der Waals surface area contributed by atoms with Crippen molar-refractivity contribution >= 4 is 5.69 Å². The number of hydrogen-bond donors (Lipinski definition) is 1. The molecule has 0 radical (unpaired) electrons. The van der Waals surface area contributed by atoms with E-state index >= 15 is 0 Å². The van der Waals surface area contributed by atoms with Crippen LogP contribution in [0.5, 0.6) is 0 Å². The molecular formula is C15H19N3O2. The first-order chi connectivity index (χ1) is 9.52. The Labute approximate surface area is 117 Å². The number of nitrogens with one attached hydrogen (secondary N) is 1. The van der Waals surface area contributed by atoms with Crippen LogP contribution in [0.3, 0.4) is 0 Å². The van der Waals surface area contributed by atoms with E-state index in [1.807, 2.05) is 12.1 Å². The molecule has 106 valence electrons. The molecule has 0 aliphatic rings. The van der Waals surface area contributed by atoms with Crippen molar-refractivity contribution in [3.8, 4) is 0 Å². The molecule has 0 aliphatic heterocycles. The van der Waals surface area contributed by atoms with Gasteiger partial charge in [-0.1, -0.05) is 19.1 Å². The highest BCUT2D eigenvalue weighted by Crippen LogP contribution is 2.11. The lowest BCUT2D eigenvalue weighted by molar-refractivity contribution is 0.655. The van der Waals surface area contributed by atoms with Crippen molar-refractivity contribution < 1.29 is 0 Å². The van der Waals surface area contributed by atoms with Crippen molar-refractivity contribution in [1.29, 1.82) is 0 Å². The van der Waals surface area contributed by atoms with Gasteiger partial charge in [0.15, 0.2) is 0 Å². The van der Waals surface area contributed by atoms with Crippen LogP contribution in [0.15, 0.2) is 39.9 Å². The lowest BCUT2D eigenvalue weighted by Crippen LogP contribution is -2.38. The quantitative estimate of drug-likeness (QED) is 0.912. The normalized spacial score (nSPS) is 10.6. The molecule has 0 fully saturated rings. The fraction of sp³-hybridized carbons (Fsp3) is 0.333. The average Bonchev–Trinajstić information content (AvgIpc) is 2.47. The SMILES string of the molecule is CCc1cccc(NCc2cc(=O)n(C)c(=O)n2C)c1.